The van der Waals surface area contributed by atoms with Gasteiger partial charge in [0.1, 0.15) is 0 Å². The molecule has 0 aliphatic rings. The van der Waals surface area contributed by atoms with E-state index in [-0.39, 0.29) is 4.37 Å². The summed E-state index contributed by atoms with van der Waals surface area (Å²) in [5.41, 5.74) is 0. The molecule has 0 aliphatic carbocycles. The Morgan fingerprint density at radius 2 is 1.67 bits per heavy atom. The predicted octanol–water partition coefficient (Wildman–Crippen LogP) is 3.14. The summed E-state index contributed by atoms with van der Waals surface area (Å²) in [5.74, 6) is 1.33. The van der Waals surface area contributed by atoms with E-state index < -0.39 is 0 Å². The van der Waals surface area contributed by atoms with Gasteiger partial charge in [-0.1, -0.05) is 6.92 Å². The van der Waals surface area contributed by atoms with Crippen LogP contribution in [0.3, 0.4) is 0 Å². The van der Waals surface area contributed by atoms with Crippen molar-refractivity contribution in [3.05, 3.63) is 0 Å². The maximum Gasteiger partial charge on any atom is -0.00889 e. The molecule has 0 nitrogen and oxygen atoms in total. The van der Waals surface area contributed by atoms with Gasteiger partial charge in [0.25, 0.3) is 0 Å². The first-order chi connectivity index (χ1) is 2.56. The second kappa shape index (κ2) is 2.96. The molecule has 0 atom stereocenters. The van der Waals surface area contributed by atoms with E-state index in [9.17, 15) is 0 Å². The lowest BCUT2D eigenvalue weighted by atomic mass is 11.0. The summed E-state index contributed by atoms with van der Waals surface area (Å²) in [7, 11) is 0. The van der Waals surface area contributed by atoms with E-state index in [1.807, 2.05) is 0 Å². The minimum atomic E-state index is -0.222. The molecule has 0 bridgehead atoms. The van der Waals surface area contributed by atoms with E-state index in [2.05, 4.69) is 55.6 Å². The minimum absolute atomic E-state index is 0.222. The topological polar surface area (TPSA) is 0 Å². The Kier molecular flexibility index (Phi) is 3.86. The standard InChI is InChI=1S/C3H8I2S/c1-3-6(2,4)5/h3H2,1-2H3. The van der Waals surface area contributed by atoms with Crippen LogP contribution < -0.4 is 0 Å². The van der Waals surface area contributed by atoms with Crippen molar-refractivity contribution in [2.24, 2.45) is 0 Å². The molecule has 0 saturated carbocycles. The number of hydrogen-bond acceptors (Lipinski definition) is 0. The van der Waals surface area contributed by atoms with Gasteiger partial charge < -0.3 is 0 Å². The van der Waals surface area contributed by atoms with Crippen LogP contribution in [0.1, 0.15) is 6.92 Å². The third-order valence-electron chi connectivity index (χ3n) is 0.507. The summed E-state index contributed by atoms with van der Waals surface area (Å²) in [6, 6.07) is 0. The summed E-state index contributed by atoms with van der Waals surface area (Å²) in [5, 5.41) is 0. The van der Waals surface area contributed by atoms with Crippen molar-refractivity contribution in [1.82, 2.24) is 0 Å². The van der Waals surface area contributed by atoms with Crippen molar-refractivity contribution in [2.75, 3.05) is 12.0 Å². The molecule has 0 aliphatic heterocycles. The molecule has 0 saturated heterocycles. The number of hydrogen-bond donors (Lipinski definition) is 0. The van der Waals surface area contributed by atoms with Crippen LogP contribution in [-0.4, -0.2) is 12.0 Å². The summed E-state index contributed by atoms with van der Waals surface area (Å²) in [6.45, 7) is 2.23. The van der Waals surface area contributed by atoms with E-state index in [4.69, 9.17) is 0 Å². The average molecular weight is 330 g/mol. The number of halogens is 2. The second-order valence-electron chi connectivity index (χ2n) is 1.16. The largest absolute Gasteiger partial charge is 0.136 e. The van der Waals surface area contributed by atoms with Gasteiger partial charge in [-0.3, -0.25) is 0 Å². The number of rotatable bonds is 1. The van der Waals surface area contributed by atoms with Crippen LogP contribution in [0.4, 0.5) is 0 Å². The smallest absolute Gasteiger partial charge is 0.00889 e. The lowest BCUT2D eigenvalue weighted by Crippen LogP contribution is -1.75. The highest BCUT2D eigenvalue weighted by Gasteiger charge is 2.01. The molecular formula is C3H8I2S. The highest BCUT2D eigenvalue weighted by Crippen LogP contribution is 2.60. The Hall–Kier alpha value is 1.81. The zero-order chi connectivity index (χ0) is 5.21. The Bertz CT molecular complexity index is 38.5. The molecule has 0 heterocycles. The maximum absolute atomic E-state index is 2.51. The SMILES string of the molecule is CCS(C)(I)I. The monoisotopic (exact) mass is 330 g/mol. The van der Waals surface area contributed by atoms with Crippen molar-refractivity contribution >= 4 is 46.8 Å². The third kappa shape index (κ3) is 5.81. The van der Waals surface area contributed by atoms with Crippen LogP contribution in [0, 0.1) is 0 Å². The van der Waals surface area contributed by atoms with Crippen LogP contribution in [0.5, 0.6) is 0 Å². The molecule has 0 unspecified atom stereocenters. The molecule has 0 aromatic rings. The van der Waals surface area contributed by atoms with E-state index in [1.54, 1.807) is 0 Å². The van der Waals surface area contributed by atoms with Crippen molar-refractivity contribution < 1.29 is 0 Å². The van der Waals surface area contributed by atoms with Gasteiger partial charge in [-0.2, -0.15) is 0 Å². The van der Waals surface area contributed by atoms with Crippen LogP contribution in [0.2, 0.25) is 0 Å². The molecule has 0 aromatic carbocycles. The summed E-state index contributed by atoms with van der Waals surface area (Å²) < 4.78 is -0.222. The lowest BCUT2D eigenvalue weighted by Gasteiger charge is -2.15. The fourth-order valence-electron chi connectivity index (χ4n) is 0. The van der Waals surface area contributed by atoms with Gasteiger partial charge in [0.2, 0.25) is 0 Å². The van der Waals surface area contributed by atoms with E-state index in [0.717, 1.165) is 0 Å². The van der Waals surface area contributed by atoms with Crippen LogP contribution in [0.25, 0.3) is 0 Å². The van der Waals surface area contributed by atoms with Gasteiger partial charge in [-0.25, -0.2) is 0 Å². The van der Waals surface area contributed by atoms with Gasteiger partial charge in [0, 0.05) is 0 Å². The fraction of sp³-hybridized carbons (Fsp3) is 1.00. The maximum atomic E-state index is 2.51. The Labute approximate surface area is 64.9 Å². The van der Waals surface area contributed by atoms with Crippen molar-refractivity contribution in [3.63, 3.8) is 0 Å². The average Bonchev–Trinajstić information content (AvgIpc) is 1.35. The summed E-state index contributed by atoms with van der Waals surface area (Å²) >= 11 is 5.02. The molecular weight excluding hydrogens is 322 g/mol. The molecule has 40 valence electrons. The molecule has 0 radical (unpaired) electrons. The zero-order valence-corrected chi connectivity index (χ0v) is 9.00. The zero-order valence-electron chi connectivity index (χ0n) is 3.87. The van der Waals surface area contributed by atoms with Gasteiger partial charge >= 0.3 is 0 Å². The minimum Gasteiger partial charge on any atom is -0.136 e. The molecule has 3 heteroatoms. The quantitative estimate of drug-likeness (QED) is 0.648. The van der Waals surface area contributed by atoms with Crippen LogP contribution >= 0.6 is 46.8 Å². The van der Waals surface area contributed by atoms with Crippen LogP contribution in [0.15, 0.2) is 0 Å². The third-order valence-corrected chi connectivity index (χ3v) is 5.26. The summed E-state index contributed by atoms with van der Waals surface area (Å²) in [4.78, 5) is 0. The molecule has 0 N–H and O–H groups in total. The fourth-order valence-corrected chi connectivity index (χ4v) is 0. The van der Waals surface area contributed by atoms with E-state index in [0.29, 0.717) is 0 Å². The first-order valence-corrected chi connectivity index (χ1v) is 9.01. The van der Waals surface area contributed by atoms with Crippen molar-refractivity contribution in [3.8, 4) is 0 Å². The second-order valence-corrected chi connectivity index (χ2v) is 20.2. The van der Waals surface area contributed by atoms with E-state index in [1.165, 1.54) is 5.75 Å². The van der Waals surface area contributed by atoms with Gasteiger partial charge in [0.15, 0.2) is 0 Å². The highest BCUT2D eigenvalue weighted by molar-refractivity contribution is 14.3. The molecule has 6 heavy (non-hydrogen) atoms. The van der Waals surface area contributed by atoms with Gasteiger partial charge in [0.05, 0.1) is 0 Å². The Balaban J connectivity index is 3.17. The first kappa shape index (κ1) is 7.81. The Morgan fingerprint density at radius 3 is 1.67 bits per heavy atom. The molecule has 0 aromatic heterocycles. The van der Waals surface area contributed by atoms with Gasteiger partial charge in [-0.15, -0.1) is 4.37 Å². The molecule has 0 fully saturated rings. The summed E-state index contributed by atoms with van der Waals surface area (Å²) in [6.07, 6.45) is 2.30. The molecule has 0 spiro atoms. The molecule has 0 amide bonds. The Morgan fingerprint density at radius 1 is 1.50 bits per heavy atom. The van der Waals surface area contributed by atoms with Crippen molar-refractivity contribution in [1.29, 1.82) is 0 Å². The predicted molar refractivity (Wildman–Crippen MR) is 52.1 cm³/mol. The highest BCUT2D eigenvalue weighted by atomic mass is 127. The first-order valence-electron chi connectivity index (χ1n) is 1.71. The van der Waals surface area contributed by atoms with E-state index >= 15 is 0 Å². The lowest BCUT2D eigenvalue weighted by molar-refractivity contribution is 1.53. The van der Waals surface area contributed by atoms with Crippen molar-refractivity contribution in [2.45, 2.75) is 6.92 Å². The normalized spacial score (nSPS) is 14.7. The van der Waals surface area contributed by atoms with Crippen LogP contribution in [-0.2, 0) is 0 Å². The van der Waals surface area contributed by atoms with Gasteiger partial charge in [-0.05, 0) is 54.4 Å². The molecule has 0 rings (SSSR count).